The SMILES string of the molecule is CC(O)CN1CCN(C(=O)c2ccc(Cn3cccc3)cc2)CC1. The molecule has 1 aliphatic heterocycles. The van der Waals surface area contributed by atoms with Crippen LogP contribution < -0.4 is 0 Å². The molecule has 3 rings (SSSR count). The normalized spacial score (nSPS) is 17.0. The lowest BCUT2D eigenvalue weighted by molar-refractivity contribution is 0.0554. The van der Waals surface area contributed by atoms with Crippen LogP contribution in [0.25, 0.3) is 0 Å². The lowest BCUT2D eigenvalue weighted by Gasteiger charge is -2.35. The Balaban J connectivity index is 1.55. The Morgan fingerprint density at radius 2 is 1.71 bits per heavy atom. The topological polar surface area (TPSA) is 48.7 Å². The third-order valence-corrected chi connectivity index (χ3v) is 4.41. The molecule has 2 aromatic rings. The molecule has 0 aliphatic carbocycles. The summed E-state index contributed by atoms with van der Waals surface area (Å²) < 4.78 is 2.11. The number of nitrogens with zero attached hydrogens (tertiary/aromatic N) is 3. The number of rotatable bonds is 5. The highest BCUT2D eigenvalue weighted by atomic mass is 16.3. The van der Waals surface area contributed by atoms with Crippen molar-refractivity contribution in [3.8, 4) is 0 Å². The predicted octanol–water partition coefficient (Wildman–Crippen LogP) is 1.67. The van der Waals surface area contributed by atoms with E-state index in [-0.39, 0.29) is 12.0 Å². The molecule has 2 heterocycles. The molecule has 128 valence electrons. The Hall–Kier alpha value is -2.11. The zero-order chi connectivity index (χ0) is 16.9. The van der Waals surface area contributed by atoms with Crippen LogP contribution in [0.3, 0.4) is 0 Å². The fraction of sp³-hybridized carbons (Fsp3) is 0.421. The second-order valence-corrected chi connectivity index (χ2v) is 6.49. The molecule has 0 bridgehead atoms. The van der Waals surface area contributed by atoms with Crippen LogP contribution in [0.4, 0.5) is 0 Å². The largest absolute Gasteiger partial charge is 0.392 e. The summed E-state index contributed by atoms with van der Waals surface area (Å²) in [6.07, 6.45) is 3.75. The van der Waals surface area contributed by atoms with Crippen molar-refractivity contribution in [2.75, 3.05) is 32.7 Å². The van der Waals surface area contributed by atoms with Crippen molar-refractivity contribution >= 4 is 5.91 Å². The van der Waals surface area contributed by atoms with Crippen LogP contribution in [0.15, 0.2) is 48.8 Å². The number of carbonyl (C=O) groups excluding carboxylic acids is 1. The molecule has 0 spiro atoms. The molecule has 1 aliphatic rings. The molecule has 1 aromatic carbocycles. The van der Waals surface area contributed by atoms with Crippen molar-refractivity contribution in [2.45, 2.75) is 19.6 Å². The number of carbonyl (C=O) groups is 1. The molecule has 1 aromatic heterocycles. The zero-order valence-corrected chi connectivity index (χ0v) is 14.1. The second-order valence-electron chi connectivity index (χ2n) is 6.49. The lowest BCUT2D eigenvalue weighted by Crippen LogP contribution is -2.50. The third-order valence-electron chi connectivity index (χ3n) is 4.41. The summed E-state index contributed by atoms with van der Waals surface area (Å²) in [7, 11) is 0. The van der Waals surface area contributed by atoms with E-state index in [1.165, 1.54) is 5.56 Å². The van der Waals surface area contributed by atoms with E-state index in [4.69, 9.17) is 0 Å². The van der Waals surface area contributed by atoms with Crippen molar-refractivity contribution in [3.63, 3.8) is 0 Å². The van der Waals surface area contributed by atoms with E-state index in [1.807, 2.05) is 53.7 Å². The molecule has 1 N–H and O–H groups in total. The van der Waals surface area contributed by atoms with Gasteiger partial charge in [-0.1, -0.05) is 12.1 Å². The smallest absolute Gasteiger partial charge is 0.253 e. The summed E-state index contributed by atoms with van der Waals surface area (Å²) in [5, 5.41) is 9.45. The maximum Gasteiger partial charge on any atom is 0.253 e. The molecular formula is C19H25N3O2. The van der Waals surface area contributed by atoms with Gasteiger partial charge in [0.25, 0.3) is 5.91 Å². The van der Waals surface area contributed by atoms with Gasteiger partial charge in [-0.05, 0) is 36.8 Å². The molecule has 0 saturated carbocycles. The number of aliphatic hydroxyl groups excluding tert-OH is 1. The van der Waals surface area contributed by atoms with Gasteiger partial charge in [0, 0.05) is 57.2 Å². The summed E-state index contributed by atoms with van der Waals surface area (Å²) in [5.74, 6) is 0.0965. The van der Waals surface area contributed by atoms with E-state index in [1.54, 1.807) is 6.92 Å². The first kappa shape index (κ1) is 16.7. The van der Waals surface area contributed by atoms with Gasteiger partial charge in [-0.2, -0.15) is 0 Å². The lowest BCUT2D eigenvalue weighted by atomic mass is 10.1. The summed E-state index contributed by atoms with van der Waals surface area (Å²) in [4.78, 5) is 16.7. The van der Waals surface area contributed by atoms with Crippen LogP contribution in [0.2, 0.25) is 0 Å². The minimum absolute atomic E-state index is 0.0965. The summed E-state index contributed by atoms with van der Waals surface area (Å²) in [5.41, 5.74) is 1.93. The predicted molar refractivity (Wildman–Crippen MR) is 94.0 cm³/mol. The van der Waals surface area contributed by atoms with Crippen molar-refractivity contribution in [2.24, 2.45) is 0 Å². The number of hydrogen-bond acceptors (Lipinski definition) is 3. The number of hydrogen-bond donors (Lipinski definition) is 1. The number of aromatic nitrogens is 1. The summed E-state index contributed by atoms with van der Waals surface area (Å²) >= 11 is 0. The Bertz CT molecular complexity index is 642. The van der Waals surface area contributed by atoms with Gasteiger partial charge in [0.2, 0.25) is 0 Å². The Labute approximate surface area is 143 Å². The average molecular weight is 327 g/mol. The van der Waals surface area contributed by atoms with E-state index in [2.05, 4.69) is 9.47 Å². The van der Waals surface area contributed by atoms with Crippen LogP contribution in [0.5, 0.6) is 0 Å². The van der Waals surface area contributed by atoms with Gasteiger partial charge in [-0.25, -0.2) is 0 Å². The highest BCUT2D eigenvalue weighted by Crippen LogP contribution is 2.12. The van der Waals surface area contributed by atoms with Crippen LogP contribution >= 0.6 is 0 Å². The fourth-order valence-corrected chi connectivity index (χ4v) is 3.13. The Morgan fingerprint density at radius 3 is 2.29 bits per heavy atom. The van der Waals surface area contributed by atoms with E-state index in [0.29, 0.717) is 6.54 Å². The van der Waals surface area contributed by atoms with Gasteiger partial charge < -0.3 is 14.6 Å². The molecular weight excluding hydrogens is 302 g/mol. The maximum atomic E-state index is 12.6. The molecule has 1 saturated heterocycles. The third kappa shape index (κ3) is 4.24. The first-order valence-corrected chi connectivity index (χ1v) is 8.51. The molecule has 24 heavy (non-hydrogen) atoms. The first-order valence-electron chi connectivity index (χ1n) is 8.51. The van der Waals surface area contributed by atoms with Gasteiger partial charge in [-0.15, -0.1) is 0 Å². The quantitative estimate of drug-likeness (QED) is 0.909. The van der Waals surface area contributed by atoms with Crippen molar-refractivity contribution in [3.05, 3.63) is 59.9 Å². The van der Waals surface area contributed by atoms with E-state index in [0.717, 1.165) is 38.3 Å². The first-order chi connectivity index (χ1) is 11.6. The Morgan fingerprint density at radius 1 is 1.08 bits per heavy atom. The Kier molecular flexibility index (Phi) is 5.33. The maximum absolute atomic E-state index is 12.6. The number of benzene rings is 1. The van der Waals surface area contributed by atoms with Crippen LogP contribution in [0, 0.1) is 0 Å². The minimum Gasteiger partial charge on any atom is -0.392 e. The fourth-order valence-electron chi connectivity index (χ4n) is 3.13. The van der Waals surface area contributed by atoms with Gasteiger partial charge in [-0.3, -0.25) is 9.69 Å². The number of β-amino-alcohol motifs (C(OH)–C–C–N with tert-alkyl or cyclic N) is 1. The van der Waals surface area contributed by atoms with E-state index in [9.17, 15) is 9.90 Å². The highest BCUT2D eigenvalue weighted by molar-refractivity contribution is 5.94. The molecule has 1 atom stereocenters. The molecule has 1 amide bonds. The monoisotopic (exact) mass is 327 g/mol. The van der Waals surface area contributed by atoms with E-state index < -0.39 is 0 Å². The second kappa shape index (κ2) is 7.64. The van der Waals surface area contributed by atoms with Crippen LogP contribution in [-0.2, 0) is 6.54 Å². The van der Waals surface area contributed by atoms with Crippen molar-refractivity contribution < 1.29 is 9.90 Å². The van der Waals surface area contributed by atoms with Crippen molar-refractivity contribution in [1.29, 1.82) is 0 Å². The van der Waals surface area contributed by atoms with Gasteiger partial charge in [0.05, 0.1) is 6.10 Å². The van der Waals surface area contributed by atoms with Crippen molar-refractivity contribution in [1.82, 2.24) is 14.4 Å². The van der Waals surface area contributed by atoms with Gasteiger partial charge in [0.15, 0.2) is 0 Å². The average Bonchev–Trinajstić information content (AvgIpc) is 3.08. The summed E-state index contributed by atoms with van der Waals surface area (Å²) in [6, 6.07) is 11.9. The standard InChI is InChI=1S/C19H25N3O2/c1-16(23)14-21-10-12-22(13-11-21)19(24)18-6-4-17(5-7-18)15-20-8-2-3-9-20/h2-9,16,23H,10-15H2,1H3. The molecule has 1 fully saturated rings. The summed E-state index contributed by atoms with van der Waals surface area (Å²) in [6.45, 7) is 6.38. The highest BCUT2D eigenvalue weighted by Gasteiger charge is 2.22. The van der Waals surface area contributed by atoms with Gasteiger partial charge >= 0.3 is 0 Å². The molecule has 5 nitrogen and oxygen atoms in total. The minimum atomic E-state index is -0.319. The number of amides is 1. The van der Waals surface area contributed by atoms with Gasteiger partial charge in [0.1, 0.15) is 0 Å². The molecule has 0 radical (unpaired) electrons. The number of aliphatic hydroxyl groups is 1. The van der Waals surface area contributed by atoms with E-state index >= 15 is 0 Å². The van der Waals surface area contributed by atoms with Crippen LogP contribution in [-0.4, -0.2) is 64.2 Å². The zero-order valence-electron chi connectivity index (χ0n) is 14.1. The molecule has 5 heteroatoms. The van der Waals surface area contributed by atoms with Crippen LogP contribution in [0.1, 0.15) is 22.8 Å². The number of piperazine rings is 1. The molecule has 1 unspecified atom stereocenters.